The molecule has 2 aromatic carbocycles. The van der Waals surface area contributed by atoms with Crippen LogP contribution in [0.5, 0.6) is 5.75 Å². The molecule has 2 aromatic rings. The molecule has 0 bridgehead atoms. The summed E-state index contributed by atoms with van der Waals surface area (Å²) < 4.78 is 171. The van der Waals surface area contributed by atoms with Crippen molar-refractivity contribution < 1.29 is 66.4 Å². The molecule has 0 heterocycles. The quantitative estimate of drug-likeness (QED) is 0.367. The minimum atomic E-state index is -5.70. The van der Waals surface area contributed by atoms with Gasteiger partial charge in [0.05, 0.1) is 16.7 Å². The number of carbonyl (C=O) groups excluding carboxylic acids is 1. The van der Waals surface area contributed by atoms with Crippen LogP contribution in [0, 0.1) is 5.82 Å². The van der Waals surface area contributed by atoms with Crippen LogP contribution in [0.25, 0.3) is 0 Å². The molecule has 5 nitrogen and oxygen atoms in total. The molecule has 2 rings (SSSR count). The summed E-state index contributed by atoms with van der Waals surface area (Å²) in [5.41, 5.74) is -8.70. The molecule has 0 fully saturated rings. The van der Waals surface area contributed by atoms with Gasteiger partial charge in [0.25, 0.3) is 10.1 Å². The third-order valence-corrected chi connectivity index (χ3v) is 5.22. The van der Waals surface area contributed by atoms with E-state index in [1.54, 1.807) is 0 Å². The van der Waals surface area contributed by atoms with Gasteiger partial charge in [-0.1, -0.05) is 0 Å². The van der Waals surface area contributed by atoms with E-state index in [0.29, 0.717) is 0 Å². The second-order valence-electron chi connectivity index (χ2n) is 7.08. The van der Waals surface area contributed by atoms with E-state index in [1.165, 1.54) is 0 Å². The van der Waals surface area contributed by atoms with Crippen molar-refractivity contribution in [3.05, 3.63) is 57.9 Å². The predicted molar refractivity (Wildman–Crippen MR) is 96.4 cm³/mol. The zero-order valence-corrected chi connectivity index (χ0v) is 17.8. The molecule has 0 radical (unpaired) electrons. The normalized spacial score (nSPS) is 13.1. The molecule has 0 amide bonds. The van der Waals surface area contributed by atoms with Gasteiger partial charge < -0.3 is 4.74 Å². The van der Waals surface area contributed by atoms with Gasteiger partial charge in [-0.3, -0.25) is 9.35 Å². The van der Waals surface area contributed by atoms with Crippen LogP contribution in [0.3, 0.4) is 0 Å². The molecule has 1 N–H and O–H groups in total. The Morgan fingerprint density at radius 2 is 1.37 bits per heavy atom. The van der Waals surface area contributed by atoms with E-state index >= 15 is 0 Å². The lowest BCUT2D eigenvalue weighted by Crippen LogP contribution is -2.20. The summed E-state index contributed by atoms with van der Waals surface area (Å²) in [6.07, 6.45) is -17.3. The molecule has 0 aromatic heterocycles. The molecular formula is C19H12F10O5S. The summed E-state index contributed by atoms with van der Waals surface area (Å²) in [5, 5.41) is 0. The lowest BCUT2D eigenvalue weighted by atomic mass is 9.99. The zero-order valence-electron chi connectivity index (χ0n) is 17.0. The monoisotopic (exact) mass is 542 g/mol. The molecular weight excluding hydrogens is 530 g/mol. The summed E-state index contributed by atoms with van der Waals surface area (Å²) in [5.74, 6) is -3.99. The first-order valence-electron chi connectivity index (χ1n) is 8.93. The standard InChI is InChI=1S/C19H12F10O5S/c1-8(30)2-9-3-14(35(31,32)33)15(19(27,28)29)13(16(9)20)7-34-12-5-10(17(21,22)23)4-11(6-12)18(24,25)26/h3-6H,2,7H2,1H3,(H,31,32,33). The number of ketones is 1. The van der Waals surface area contributed by atoms with E-state index in [9.17, 15) is 61.7 Å². The molecule has 194 valence electrons. The maximum atomic E-state index is 14.9. The van der Waals surface area contributed by atoms with Crippen molar-refractivity contribution in [3.8, 4) is 5.75 Å². The van der Waals surface area contributed by atoms with Crippen LogP contribution in [0.4, 0.5) is 43.9 Å². The Balaban J connectivity index is 2.75. The molecule has 0 saturated carbocycles. The molecule has 0 spiro atoms. The average Bonchev–Trinajstić information content (AvgIpc) is 2.64. The second-order valence-corrected chi connectivity index (χ2v) is 8.47. The van der Waals surface area contributed by atoms with Crippen LogP contribution in [0.2, 0.25) is 0 Å². The first kappa shape index (κ1) is 28.4. The van der Waals surface area contributed by atoms with Crippen molar-refractivity contribution in [2.45, 2.75) is 43.4 Å². The van der Waals surface area contributed by atoms with Crippen LogP contribution >= 0.6 is 0 Å². The Morgan fingerprint density at radius 3 is 1.74 bits per heavy atom. The highest BCUT2D eigenvalue weighted by molar-refractivity contribution is 7.85. The summed E-state index contributed by atoms with van der Waals surface area (Å²) in [4.78, 5) is 9.43. The van der Waals surface area contributed by atoms with Crippen LogP contribution in [0.1, 0.15) is 34.7 Å². The van der Waals surface area contributed by atoms with Crippen molar-refractivity contribution in [3.63, 3.8) is 0 Å². The summed E-state index contributed by atoms with van der Waals surface area (Å²) >= 11 is 0. The lowest BCUT2D eigenvalue weighted by molar-refractivity contribution is -0.143. The van der Waals surface area contributed by atoms with Crippen LogP contribution in [0.15, 0.2) is 29.2 Å². The molecule has 0 unspecified atom stereocenters. The number of hydrogen-bond acceptors (Lipinski definition) is 4. The fourth-order valence-corrected chi connectivity index (χ4v) is 3.75. The van der Waals surface area contributed by atoms with Gasteiger partial charge in [0, 0.05) is 12.0 Å². The number of alkyl halides is 9. The van der Waals surface area contributed by atoms with Gasteiger partial charge in [-0.15, -0.1) is 0 Å². The molecule has 0 aliphatic rings. The lowest BCUT2D eigenvalue weighted by Gasteiger charge is -2.20. The van der Waals surface area contributed by atoms with Crippen molar-refractivity contribution in [1.82, 2.24) is 0 Å². The SMILES string of the molecule is CC(=O)Cc1cc(S(=O)(=O)O)c(C(F)(F)F)c(COc2cc(C(F)(F)F)cc(C(F)(F)F)c2)c1F. The highest BCUT2D eigenvalue weighted by Gasteiger charge is 2.42. The summed E-state index contributed by atoms with van der Waals surface area (Å²) in [7, 11) is -5.70. The fraction of sp³-hybridized carbons (Fsp3) is 0.316. The van der Waals surface area contributed by atoms with Crippen LogP contribution < -0.4 is 4.74 Å². The Kier molecular flexibility index (Phi) is 7.53. The number of carbonyl (C=O) groups is 1. The second kappa shape index (κ2) is 9.29. The molecule has 16 heteroatoms. The number of hydrogen-bond donors (Lipinski definition) is 1. The van der Waals surface area contributed by atoms with Crippen molar-refractivity contribution in [2.24, 2.45) is 0 Å². The Bertz CT molecular complexity index is 1210. The highest BCUT2D eigenvalue weighted by atomic mass is 32.2. The van der Waals surface area contributed by atoms with Gasteiger partial charge in [0.1, 0.15) is 28.9 Å². The van der Waals surface area contributed by atoms with Crippen molar-refractivity contribution >= 4 is 15.9 Å². The van der Waals surface area contributed by atoms with Gasteiger partial charge in [0.15, 0.2) is 0 Å². The first-order chi connectivity index (χ1) is 15.6. The van der Waals surface area contributed by atoms with Crippen molar-refractivity contribution in [2.75, 3.05) is 0 Å². The maximum Gasteiger partial charge on any atom is 0.418 e. The smallest absolute Gasteiger partial charge is 0.418 e. The molecule has 0 saturated heterocycles. The van der Waals surface area contributed by atoms with E-state index in [-0.39, 0.29) is 24.3 Å². The van der Waals surface area contributed by atoms with Gasteiger partial charge in [-0.25, -0.2) is 4.39 Å². The molecule has 35 heavy (non-hydrogen) atoms. The van der Waals surface area contributed by atoms with Crippen LogP contribution in [-0.2, 0) is 46.5 Å². The molecule has 0 aliphatic carbocycles. The van der Waals surface area contributed by atoms with Gasteiger partial charge in [0.2, 0.25) is 0 Å². The van der Waals surface area contributed by atoms with E-state index in [0.717, 1.165) is 6.92 Å². The number of Topliss-reactive ketones (excluding diaryl/α,β-unsaturated/α-hetero) is 1. The maximum absolute atomic E-state index is 14.9. The number of benzene rings is 2. The third kappa shape index (κ3) is 6.84. The number of halogens is 10. The van der Waals surface area contributed by atoms with E-state index in [4.69, 9.17) is 0 Å². The van der Waals surface area contributed by atoms with E-state index < -0.39 is 91.7 Å². The highest BCUT2D eigenvalue weighted by Crippen LogP contribution is 2.41. The van der Waals surface area contributed by atoms with Gasteiger partial charge in [-0.05, 0) is 36.8 Å². The van der Waals surface area contributed by atoms with Gasteiger partial charge >= 0.3 is 18.5 Å². The minimum absolute atomic E-state index is 0.00350. The number of ether oxygens (including phenoxy) is 1. The summed E-state index contributed by atoms with van der Waals surface area (Å²) in [6.45, 7) is -0.852. The predicted octanol–water partition coefficient (Wildman–Crippen LogP) is 5.84. The molecule has 0 atom stereocenters. The summed E-state index contributed by atoms with van der Waals surface area (Å²) in [6, 6.07) is -0.240. The molecule has 0 aliphatic heterocycles. The zero-order chi connectivity index (χ0) is 27.1. The number of rotatable bonds is 6. The Morgan fingerprint density at radius 1 is 0.886 bits per heavy atom. The van der Waals surface area contributed by atoms with E-state index in [1.807, 2.05) is 0 Å². The minimum Gasteiger partial charge on any atom is -0.489 e. The third-order valence-electron chi connectivity index (χ3n) is 4.35. The van der Waals surface area contributed by atoms with Crippen molar-refractivity contribution in [1.29, 1.82) is 0 Å². The van der Waals surface area contributed by atoms with E-state index in [2.05, 4.69) is 4.74 Å². The average molecular weight is 542 g/mol. The first-order valence-corrected chi connectivity index (χ1v) is 10.4. The topological polar surface area (TPSA) is 80.7 Å². The largest absolute Gasteiger partial charge is 0.489 e. The Labute approximate surface area is 190 Å². The Hall–Kier alpha value is -2.88. The van der Waals surface area contributed by atoms with Gasteiger partial charge in [-0.2, -0.15) is 47.9 Å². The fourth-order valence-electron chi connectivity index (χ4n) is 2.96. The van der Waals surface area contributed by atoms with Crippen LogP contribution in [-0.4, -0.2) is 18.8 Å².